The van der Waals surface area contributed by atoms with Crippen LogP contribution in [0.25, 0.3) is 0 Å². The highest BCUT2D eigenvalue weighted by Gasteiger charge is 2.22. The molecule has 2 N–H and O–H groups in total. The van der Waals surface area contributed by atoms with Crippen molar-refractivity contribution in [2.24, 2.45) is 0 Å². The van der Waals surface area contributed by atoms with Gasteiger partial charge in [-0.1, -0.05) is 12.8 Å². The lowest BCUT2D eigenvalue weighted by atomic mass is 10.2. The third kappa shape index (κ3) is 6.38. The van der Waals surface area contributed by atoms with E-state index in [1.807, 2.05) is 13.8 Å². The summed E-state index contributed by atoms with van der Waals surface area (Å²) in [5.41, 5.74) is 0.684. The van der Waals surface area contributed by atoms with Gasteiger partial charge in [-0.25, -0.2) is 0 Å². The van der Waals surface area contributed by atoms with Gasteiger partial charge in [0.25, 0.3) is 0 Å². The topological polar surface area (TPSA) is 70.7 Å². The van der Waals surface area contributed by atoms with Crippen molar-refractivity contribution in [3.05, 3.63) is 24.3 Å². The van der Waals surface area contributed by atoms with E-state index in [2.05, 4.69) is 15.5 Å². The molecule has 1 fully saturated rings. The van der Waals surface area contributed by atoms with Gasteiger partial charge in [-0.3, -0.25) is 14.5 Å². The second kappa shape index (κ2) is 10.0. The number of carbonyl (C=O) groups is 2. The van der Waals surface area contributed by atoms with Crippen LogP contribution in [0.5, 0.6) is 5.75 Å². The Bertz CT molecular complexity index is 552. The quantitative estimate of drug-likeness (QED) is 0.795. The van der Waals surface area contributed by atoms with Crippen LogP contribution in [0.15, 0.2) is 24.3 Å². The lowest BCUT2D eigenvalue weighted by Crippen LogP contribution is -2.47. The Morgan fingerprint density at radius 2 is 1.76 bits per heavy atom. The minimum atomic E-state index is -0.236. The molecule has 0 spiro atoms. The molecule has 0 radical (unpaired) electrons. The first-order valence-electron chi connectivity index (χ1n) is 9.14. The third-order valence-corrected chi connectivity index (χ3v) is 4.44. The van der Waals surface area contributed by atoms with Crippen LogP contribution in [-0.4, -0.2) is 49.0 Å². The van der Waals surface area contributed by atoms with Crippen molar-refractivity contribution in [1.82, 2.24) is 10.2 Å². The maximum absolute atomic E-state index is 12.3. The maximum atomic E-state index is 12.3. The Kier molecular flexibility index (Phi) is 7.73. The van der Waals surface area contributed by atoms with Crippen LogP contribution in [0, 0.1) is 0 Å². The molecule has 1 aliphatic heterocycles. The van der Waals surface area contributed by atoms with E-state index in [0.29, 0.717) is 12.3 Å². The zero-order chi connectivity index (χ0) is 18.1. The van der Waals surface area contributed by atoms with Crippen LogP contribution in [-0.2, 0) is 9.59 Å². The lowest BCUT2D eigenvalue weighted by molar-refractivity contribution is -0.128. The number of nitrogens with one attached hydrogen (secondary N) is 2. The minimum Gasteiger partial charge on any atom is -0.494 e. The molecule has 1 aromatic rings. The number of rotatable bonds is 7. The normalized spacial score (nSPS) is 16.6. The first kappa shape index (κ1) is 19.2. The Morgan fingerprint density at radius 3 is 2.36 bits per heavy atom. The molecule has 0 aromatic heterocycles. The maximum Gasteiger partial charge on any atom is 0.243 e. The fourth-order valence-electron chi connectivity index (χ4n) is 2.97. The molecule has 25 heavy (non-hydrogen) atoms. The summed E-state index contributed by atoms with van der Waals surface area (Å²) in [6, 6.07) is 6.98. The Balaban J connectivity index is 1.75. The van der Waals surface area contributed by atoms with Crippen LogP contribution < -0.4 is 15.4 Å². The van der Waals surface area contributed by atoms with E-state index in [1.54, 1.807) is 24.3 Å². The average Bonchev–Trinajstić information content (AvgIpc) is 2.90. The molecule has 0 aliphatic carbocycles. The monoisotopic (exact) mass is 347 g/mol. The highest BCUT2D eigenvalue weighted by Crippen LogP contribution is 2.15. The summed E-state index contributed by atoms with van der Waals surface area (Å²) >= 11 is 0. The smallest absolute Gasteiger partial charge is 0.243 e. The summed E-state index contributed by atoms with van der Waals surface area (Å²) in [5.74, 6) is 0.435. The van der Waals surface area contributed by atoms with Gasteiger partial charge in [-0.15, -0.1) is 0 Å². The van der Waals surface area contributed by atoms with E-state index in [-0.39, 0.29) is 24.4 Å². The average molecular weight is 347 g/mol. The molecule has 0 saturated carbocycles. The standard InChI is InChI=1S/C19H29N3O3/c1-3-25-17-10-8-16(9-11-17)21-18(23)14-20-19(24)15(2)22-12-6-4-5-7-13-22/h8-11,15H,3-7,12-14H2,1-2H3,(H,20,24)(H,21,23). The van der Waals surface area contributed by atoms with Crippen molar-refractivity contribution in [2.45, 2.75) is 45.6 Å². The fraction of sp³-hybridized carbons (Fsp3) is 0.579. The zero-order valence-corrected chi connectivity index (χ0v) is 15.2. The van der Waals surface area contributed by atoms with Gasteiger partial charge in [0.1, 0.15) is 5.75 Å². The summed E-state index contributed by atoms with van der Waals surface area (Å²) in [7, 11) is 0. The number of amides is 2. The van der Waals surface area contributed by atoms with Gasteiger partial charge in [-0.2, -0.15) is 0 Å². The molecule has 2 rings (SSSR count). The number of ether oxygens (including phenoxy) is 1. The van der Waals surface area contributed by atoms with Crippen molar-refractivity contribution in [3.8, 4) is 5.75 Å². The van der Waals surface area contributed by atoms with Gasteiger partial charge in [0.2, 0.25) is 11.8 Å². The summed E-state index contributed by atoms with van der Waals surface area (Å²) in [5, 5.41) is 5.51. The fourth-order valence-corrected chi connectivity index (χ4v) is 2.97. The summed E-state index contributed by atoms with van der Waals surface area (Å²) in [4.78, 5) is 26.5. The number of benzene rings is 1. The van der Waals surface area contributed by atoms with Crippen molar-refractivity contribution >= 4 is 17.5 Å². The summed E-state index contributed by atoms with van der Waals surface area (Å²) in [6.07, 6.45) is 4.73. The first-order valence-corrected chi connectivity index (χ1v) is 9.14. The molecular weight excluding hydrogens is 318 g/mol. The minimum absolute atomic E-state index is 0.0236. The molecular formula is C19H29N3O3. The highest BCUT2D eigenvalue weighted by atomic mass is 16.5. The summed E-state index contributed by atoms with van der Waals surface area (Å²) in [6.45, 7) is 6.31. The molecule has 0 bridgehead atoms. The van der Waals surface area contributed by atoms with Crippen molar-refractivity contribution in [1.29, 1.82) is 0 Å². The van der Waals surface area contributed by atoms with E-state index >= 15 is 0 Å². The third-order valence-electron chi connectivity index (χ3n) is 4.44. The molecule has 6 heteroatoms. The van der Waals surface area contributed by atoms with Crippen LogP contribution >= 0.6 is 0 Å². The molecule has 1 unspecified atom stereocenters. The number of carbonyl (C=O) groups excluding carboxylic acids is 2. The lowest BCUT2D eigenvalue weighted by Gasteiger charge is -2.26. The first-order chi connectivity index (χ1) is 12.1. The predicted octanol–water partition coefficient (Wildman–Crippen LogP) is 2.40. The van der Waals surface area contributed by atoms with Crippen molar-refractivity contribution in [3.63, 3.8) is 0 Å². The second-order valence-electron chi connectivity index (χ2n) is 6.35. The van der Waals surface area contributed by atoms with E-state index in [4.69, 9.17) is 4.74 Å². The number of nitrogens with zero attached hydrogens (tertiary/aromatic N) is 1. The Morgan fingerprint density at radius 1 is 1.12 bits per heavy atom. The largest absolute Gasteiger partial charge is 0.494 e. The van der Waals surface area contributed by atoms with Gasteiger partial charge in [0.05, 0.1) is 19.2 Å². The van der Waals surface area contributed by atoms with E-state index in [1.165, 1.54) is 12.8 Å². The van der Waals surface area contributed by atoms with Gasteiger partial charge in [0.15, 0.2) is 0 Å². The predicted molar refractivity (Wildman–Crippen MR) is 98.8 cm³/mol. The van der Waals surface area contributed by atoms with Crippen molar-refractivity contribution < 1.29 is 14.3 Å². The molecule has 1 saturated heterocycles. The Labute approximate surface area is 149 Å². The molecule has 1 aromatic carbocycles. The molecule has 6 nitrogen and oxygen atoms in total. The SMILES string of the molecule is CCOc1ccc(NC(=O)CNC(=O)C(C)N2CCCCCC2)cc1. The highest BCUT2D eigenvalue weighted by molar-refractivity contribution is 5.95. The van der Waals surface area contributed by atoms with Gasteiger partial charge >= 0.3 is 0 Å². The van der Waals surface area contributed by atoms with Crippen LogP contribution in [0.4, 0.5) is 5.69 Å². The summed E-state index contributed by atoms with van der Waals surface area (Å²) < 4.78 is 5.36. The molecule has 1 aliphatic rings. The molecule has 2 amide bonds. The number of likely N-dealkylation sites (tertiary alicyclic amines) is 1. The zero-order valence-electron chi connectivity index (χ0n) is 15.2. The van der Waals surface area contributed by atoms with Gasteiger partial charge in [0, 0.05) is 5.69 Å². The number of anilines is 1. The number of hydrogen-bond acceptors (Lipinski definition) is 4. The van der Waals surface area contributed by atoms with Gasteiger partial charge in [-0.05, 0) is 64.0 Å². The second-order valence-corrected chi connectivity index (χ2v) is 6.35. The molecule has 138 valence electrons. The van der Waals surface area contributed by atoms with E-state index < -0.39 is 0 Å². The van der Waals surface area contributed by atoms with Crippen LogP contribution in [0.3, 0.4) is 0 Å². The molecule has 1 atom stereocenters. The van der Waals surface area contributed by atoms with Crippen molar-refractivity contribution in [2.75, 3.05) is 31.6 Å². The van der Waals surface area contributed by atoms with Crippen LogP contribution in [0.1, 0.15) is 39.5 Å². The van der Waals surface area contributed by atoms with E-state index in [0.717, 1.165) is 31.7 Å². The van der Waals surface area contributed by atoms with E-state index in [9.17, 15) is 9.59 Å². The Hall–Kier alpha value is -2.08. The van der Waals surface area contributed by atoms with Gasteiger partial charge < -0.3 is 15.4 Å². The number of hydrogen-bond donors (Lipinski definition) is 2. The molecule has 1 heterocycles. The van der Waals surface area contributed by atoms with Crippen LogP contribution in [0.2, 0.25) is 0 Å².